The first kappa shape index (κ1) is 18.5. The maximum atomic E-state index is 6.32. The Morgan fingerprint density at radius 3 is 2.78 bits per heavy atom. The minimum absolute atomic E-state index is 0.472. The van der Waals surface area contributed by atoms with Crippen LogP contribution in [0.15, 0.2) is 12.1 Å². The molecule has 1 heterocycles. The summed E-state index contributed by atoms with van der Waals surface area (Å²) in [4.78, 5) is 2.57. The number of piperidine rings is 1. The molecule has 0 bridgehead atoms. The van der Waals surface area contributed by atoms with Crippen LogP contribution in [0.4, 0.5) is 5.69 Å². The van der Waals surface area contributed by atoms with Crippen LogP contribution in [0.1, 0.15) is 44.2 Å². The van der Waals surface area contributed by atoms with Crippen LogP contribution in [0.5, 0.6) is 0 Å². The molecule has 1 aliphatic rings. The fourth-order valence-corrected chi connectivity index (χ4v) is 3.92. The second-order valence-electron chi connectivity index (χ2n) is 6.71. The molecule has 0 saturated carbocycles. The molecule has 2 N–H and O–H groups in total. The molecule has 0 radical (unpaired) electrons. The van der Waals surface area contributed by atoms with E-state index in [2.05, 4.69) is 35.4 Å². The molecule has 2 rings (SSSR count). The zero-order chi connectivity index (χ0) is 17.0. The van der Waals surface area contributed by atoms with Gasteiger partial charge in [-0.3, -0.25) is 4.90 Å². The summed E-state index contributed by atoms with van der Waals surface area (Å²) in [6, 6.07) is 5.20. The highest BCUT2D eigenvalue weighted by Crippen LogP contribution is 2.27. The van der Waals surface area contributed by atoms with Crippen molar-refractivity contribution in [3.8, 4) is 0 Å². The van der Waals surface area contributed by atoms with E-state index in [0.717, 1.165) is 23.4 Å². The zero-order valence-electron chi connectivity index (χ0n) is 14.6. The number of rotatable bonds is 4. The number of thiocarbonyl (C=S) groups is 1. The van der Waals surface area contributed by atoms with Crippen LogP contribution in [0.25, 0.3) is 0 Å². The Morgan fingerprint density at radius 1 is 1.39 bits per heavy atom. The van der Waals surface area contributed by atoms with Crippen LogP contribution in [0, 0.1) is 13.8 Å². The third-order valence-electron chi connectivity index (χ3n) is 4.65. The minimum Gasteiger partial charge on any atom is -0.361 e. The van der Waals surface area contributed by atoms with Gasteiger partial charge in [0.05, 0.1) is 10.7 Å². The molecule has 1 fully saturated rings. The third kappa shape index (κ3) is 5.07. The summed E-state index contributed by atoms with van der Waals surface area (Å²) in [6.07, 6.45) is 3.95. The smallest absolute Gasteiger partial charge is 0.170 e. The van der Waals surface area contributed by atoms with E-state index in [-0.39, 0.29) is 0 Å². The summed E-state index contributed by atoms with van der Waals surface area (Å²) in [5, 5.41) is 7.93. The second kappa shape index (κ2) is 8.32. The number of anilines is 1. The molecule has 0 unspecified atom stereocenters. The summed E-state index contributed by atoms with van der Waals surface area (Å²) in [6.45, 7) is 10.7. The van der Waals surface area contributed by atoms with Crippen LogP contribution < -0.4 is 10.6 Å². The van der Waals surface area contributed by atoms with E-state index < -0.39 is 0 Å². The first-order valence-electron chi connectivity index (χ1n) is 8.46. The molecular formula is C18H28ClN3S. The minimum atomic E-state index is 0.472. The average molecular weight is 354 g/mol. The van der Waals surface area contributed by atoms with Gasteiger partial charge in [0.15, 0.2) is 5.11 Å². The van der Waals surface area contributed by atoms with Crippen LogP contribution in [0.2, 0.25) is 5.02 Å². The fourth-order valence-electron chi connectivity index (χ4n) is 3.36. The number of benzene rings is 1. The Kier molecular flexibility index (Phi) is 6.69. The first-order chi connectivity index (χ1) is 10.9. The van der Waals surface area contributed by atoms with Crippen molar-refractivity contribution in [3.05, 3.63) is 28.3 Å². The maximum absolute atomic E-state index is 6.32. The lowest BCUT2D eigenvalue weighted by molar-refractivity contribution is 0.116. The van der Waals surface area contributed by atoms with Gasteiger partial charge in [-0.15, -0.1) is 0 Å². The van der Waals surface area contributed by atoms with Crippen molar-refractivity contribution in [1.29, 1.82) is 0 Å². The number of hydrogen-bond acceptors (Lipinski definition) is 2. The van der Waals surface area contributed by atoms with E-state index >= 15 is 0 Å². The molecule has 1 aromatic carbocycles. The molecule has 2 atom stereocenters. The largest absolute Gasteiger partial charge is 0.361 e. The van der Waals surface area contributed by atoms with E-state index in [1.54, 1.807) is 0 Å². The number of halogens is 1. The first-order valence-corrected chi connectivity index (χ1v) is 9.24. The normalized spacial score (nSPS) is 20.1. The molecule has 0 spiro atoms. The van der Waals surface area contributed by atoms with Gasteiger partial charge in [-0.05, 0) is 76.5 Å². The van der Waals surface area contributed by atoms with Crippen molar-refractivity contribution in [2.45, 2.75) is 59.0 Å². The predicted octanol–water partition coefficient (Wildman–Crippen LogP) is 4.51. The van der Waals surface area contributed by atoms with Crippen LogP contribution >= 0.6 is 23.8 Å². The lowest BCUT2D eigenvalue weighted by Gasteiger charge is -2.38. The van der Waals surface area contributed by atoms with E-state index in [1.807, 2.05) is 19.9 Å². The predicted molar refractivity (Wildman–Crippen MR) is 105 cm³/mol. The van der Waals surface area contributed by atoms with E-state index in [0.29, 0.717) is 22.2 Å². The molecule has 3 nitrogen and oxygen atoms in total. The van der Waals surface area contributed by atoms with Crippen molar-refractivity contribution in [2.24, 2.45) is 0 Å². The van der Waals surface area contributed by atoms with Gasteiger partial charge >= 0.3 is 0 Å². The summed E-state index contributed by atoms with van der Waals surface area (Å²) in [5.41, 5.74) is 3.16. The zero-order valence-corrected chi connectivity index (χ0v) is 16.2. The number of likely N-dealkylation sites (tertiary alicyclic amines) is 1. The molecular weight excluding hydrogens is 326 g/mol. The Balaban J connectivity index is 1.88. The molecule has 1 aromatic rings. The number of nitrogens with zero attached hydrogens (tertiary/aromatic N) is 1. The molecule has 0 amide bonds. The van der Waals surface area contributed by atoms with Crippen molar-refractivity contribution in [3.63, 3.8) is 0 Å². The van der Waals surface area contributed by atoms with Crippen molar-refractivity contribution < 1.29 is 0 Å². The fraction of sp³-hybridized carbons (Fsp3) is 0.611. The standard InChI is InChI=1S/C18H28ClN3S/c1-12-9-13(2)17(16(19)10-12)21-18(23)20-11-15(4)22-8-6-5-7-14(22)3/h9-10,14-15H,5-8,11H2,1-4H3,(H2,20,21,23)/t14-,15+/m1/s1. The van der Waals surface area contributed by atoms with Crippen LogP contribution in [-0.2, 0) is 0 Å². The van der Waals surface area contributed by atoms with Crippen molar-refractivity contribution >= 4 is 34.6 Å². The molecule has 0 aliphatic carbocycles. The Labute approximate surface area is 150 Å². The van der Waals surface area contributed by atoms with Gasteiger partial charge in [0, 0.05) is 18.6 Å². The van der Waals surface area contributed by atoms with Gasteiger partial charge in [-0.25, -0.2) is 0 Å². The van der Waals surface area contributed by atoms with Crippen molar-refractivity contribution in [2.75, 3.05) is 18.4 Å². The van der Waals surface area contributed by atoms with Crippen LogP contribution in [0.3, 0.4) is 0 Å². The number of hydrogen-bond donors (Lipinski definition) is 2. The second-order valence-corrected chi connectivity index (χ2v) is 7.52. The summed E-state index contributed by atoms with van der Waals surface area (Å²) in [5.74, 6) is 0. The molecule has 23 heavy (non-hydrogen) atoms. The number of nitrogens with one attached hydrogen (secondary N) is 2. The van der Waals surface area contributed by atoms with Gasteiger partial charge in [-0.1, -0.05) is 24.1 Å². The highest BCUT2D eigenvalue weighted by atomic mass is 35.5. The SMILES string of the molecule is Cc1cc(C)c(NC(=S)NC[C@H](C)N2CCCC[C@H]2C)c(Cl)c1. The van der Waals surface area contributed by atoms with E-state index in [4.69, 9.17) is 23.8 Å². The van der Waals surface area contributed by atoms with Crippen LogP contribution in [-0.4, -0.2) is 35.2 Å². The van der Waals surface area contributed by atoms with E-state index in [1.165, 1.54) is 25.8 Å². The highest BCUT2D eigenvalue weighted by Gasteiger charge is 2.23. The van der Waals surface area contributed by atoms with Gasteiger partial charge in [-0.2, -0.15) is 0 Å². The maximum Gasteiger partial charge on any atom is 0.170 e. The topological polar surface area (TPSA) is 27.3 Å². The molecule has 128 valence electrons. The summed E-state index contributed by atoms with van der Waals surface area (Å²) in [7, 11) is 0. The molecule has 0 aromatic heterocycles. The monoisotopic (exact) mass is 353 g/mol. The highest BCUT2D eigenvalue weighted by molar-refractivity contribution is 7.80. The number of aryl methyl sites for hydroxylation is 2. The molecule has 5 heteroatoms. The van der Waals surface area contributed by atoms with E-state index in [9.17, 15) is 0 Å². The lowest BCUT2D eigenvalue weighted by atomic mass is 10.0. The quantitative estimate of drug-likeness (QED) is 0.779. The summed E-state index contributed by atoms with van der Waals surface area (Å²) < 4.78 is 0. The Morgan fingerprint density at radius 2 is 2.13 bits per heavy atom. The molecule has 1 aliphatic heterocycles. The Bertz CT molecular complexity index is 538. The third-order valence-corrected chi connectivity index (χ3v) is 5.19. The van der Waals surface area contributed by atoms with Gasteiger partial charge < -0.3 is 10.6 Å². The van der Waals surface area contributed by atoms with Crippen molar-refractivity contribution in [1.82, 2.24) is 10.2 Å². The van der Waals surface area contributed by atoms with Gasteiger partial charge in [0.2, 0.25) is 0 Å². The Hall–Kier alpha value is -0.840. The summed E-state index contributed by atoms with van der Waals surface area (Å²) >= 11 is 11.8. The van der Waals surface area contributed by atoms with Gasteiger partial charge in [0.1, 0.15) is 0 Å². The lowest BCUT2D eigenvalue weighted by Crippen LogP contribution is -2.49. The average Bonchev–Trinajstić information content (AvgIpc) is 2.49. The van der Waals surface area contributed by atoms with Gasteiger partial charge in [0.25, 0.3) is 0 Å². The molecule has 1 saturated heterocycles.